The molecule has 2 aromatic rings. The van der Waals surface area contributed by atoms with Crippen molar-refractivity contribution in [3.63, 3.8) is 0 Å². The summed E-state index contributed by atoms with van der Waals surface area (Å²) in [6, 6.07) is 3.88. The maximum Gasteiger partial charge on any atom is 0.410 e. The van der Waals surface area contributed by atoms with Crippen molar-refractivity contribution in [1.29, 1.82) is 0 Å². The quantitative estimate of drug-likeness (QED) is 0.840. The minimum atomic E-state index is -0.517. The predicted octanol–water partition coefficient (Wildman–Crippen LogP) is 3.38. The smallest absolute Gasteiger partial charge is 0.410 e. The van der Waals surface area contributed by atoms with Crippen molar-refractivity contribution < 1.29 is 14.6 Å². The van der Waals surface area contributed by atoms with Crippen molar-refractivity contribution in [2.24, 2.45) is 0 Å². The highest BCUT2D eigenvalue weighted by atomic mass is 16.6. The second kappa shape index (κ2) is 7.38. The van der Waals surface area contributed by atoms with E-state index >= 15 is 0 Å². The molecule has 1 aromatic heterocycles. The zero-order valence-corrected chi connectivity index (χ0v) is 16.7. The molecule has 3 rings (SSSR count). The van der Waals surface area contributed by atoms with Gasteiger partial charge in [0.15, 0.2) is 0 Å². The van der Waals surface area contributed by atoms with Crippen LogP contribution in [-0.4, -0.2) is 44.3 Å². The van der Waals surface area contributed by atoms with Gasteiger partial charge in [-0.3, -0.25) is 0 Å². The maximum atomic E-state index is 12.6. The average molecular weight is 374 g/mol. The molecule has 1 fully saturated rings. The van der Waals surface area contributed by atoms with Crippen molar-refractivity contribution in [2.45, 2.75) is 65.2 Å². The molecule has 0 bridgehead atoms. The molecule has 2 heterocycles. The van der Waals surface area contributed by atoms with E-state index in [1.807, 2.05) is 39.8 Å². The molecular weight excluding hydrogens is 344 g/mol. The number of nitrogen functional groups attached to an aromatic ring is 1. The van der Waals surface area contributed by atoms with Gasteiger partial charge < -0.3 is 25.0 Å². The topological polar surface area (TPSA) is 93.6 Å². The number of aromatic nitrogens is 2. The third-order valence-corrected chi connectivity index (χ3v) is 4.91. The summed E-state index contributed by atoms with van der Waals surface area (Å²) < 4.78 is 7.62. The standard InChI is InChI=1S/C20H30N4O3/c1-13-9-14(12-25)10-16-17(13)24(18(21)22-16)15-7-5-6-8-23(11-15)19(26)27-20(2,3)4/h9-10,15,25H,5-8,11-12H2,1-4H3,(H2,21,22). The Hall–Kier alpha value is -2.28. The fraction of sp³-hybridized carbons (Fsp3) is 0.600. The molecule has 1 atom stereocenters. The fourth-order valence-electron chi connectivity index (χ4n) is 3.81. The Morgan fingerprint density at radius 3 is 2.78 bits per heavy atom. The Bertz CT molecular complexity index is 838. The Balaban J connectivity index is 1.95. The SMILES string of the molecule is Cc1cc(CO)cc2nc(N)n(C3CCCCN(C(=O)OC(C)(C)C)C3)c12. The molecular formula is C20H30N4O3. The lowest BCUT2D eigenvalue weighted by Gasteiger charge is -2.29. The number of carbonyl (C=O) groups is 1. The summed E-state index contributed by atoms with van der Waals surface area (Å²) in [6.07, 6.45) is 2.60. The van der Waals surface area contributed by atoms with Gasteiger partial charge >= 0.3 is 6.09 Å². The van der Waals surface area contributed by atoms with Gasteiger partial charge in [0.2, 0.25) is 5.95 Å². The van der Waals surface area contributed by atoms with E-state index in [0.29, 0.717) is 19.0 Å². The molecule has 7 nitrogen and oxygen atoms in total. The zero-order chi connectivity index (χ0) is 19.8. The highest BCUT2D eigenvalue weighted by molar-refractivity contribution is 5.82. The summed E-state index contributed by atoms with van der Waals surface area (Å²) >= 11 is 0. The Morgan fingerprint density at radius 1 is 1.37 bits per heavy atom. The van der Waals surface area contributed by atoms with Crippen LogP contribution in [0, 0.1) is 6.92 Å². The number of amides is 1. The van der Waals surface area contributed by atoms with Gasteiger partial charge in [-0.25, -0.2) is 9.78 Å². The van der Waals surface area contributed by atoms with Gasteiger partial charge in [-0.05, 0) is 64.2 Å². The minimum Gasteiger partial charge on any atom is -0.444 e. The number of hydrogen-bond donors (Lipinski definition) is 2. The Morgan fingerprint density at radius 2 is 2.11 bits per heavy atom. The van der Waals surface area contributed by atoms with E-state index in [0.717, 1.165) is 41.4 Å². The van der Waals surface area contributed by atoms with Crippen LogP contribution in [0.15, 0.2) is 12.1 Å². The number of aliphatic hydroxyl groups is 1. The van der Waals surface area contributed by atoms with Crippen LogP contribution in [0.1, 0.15) is 57.2 Å². The molecule has 7 heteroatoms. The molecule has 0 radical (unpaired) electrons. The average Bonchev–Trinajstić information content (AvgIpc) is 2.75. The van der Waals surface area contributed by atoms with E-state index in [1.165, 1.54) is 0 Å². The lowest BCUT2D eigenvalue weighted by Crippen LogP contribution is -2.39. The molecule has 27 heavy (non-hydrogen) atoms. The highest BCUT2D eigenvalue weighted by Crippen LogP contribution is 2.31. The molecule has 1 aromatic carbocycles. The summed E-state index contributed by atoms with van der Waals surface area (Å²) in [6.45, 7) is 8.84. The molecule has 3 N–H and O–H groups in total. The number of carbonyl (C=O) groups excluding carboxylic acids is 1. The molecule has 1 amide bonds. The highest BCUT2D eigenvalue weighted by Gasteiger charge is 2.29. The van der Waals surface area contributed by atoms with Gasteiger partial charge in [-0.15, -0.1) is 0 Å². The number of anilines is 1. The summed E-state index contributed by atoms with van der Waals surface area (Å²) in [5.41, 5.74) is 9.35. The molecule has 0 saturated carbocycles. The number of aliphatic hydroxyl groups excluding tert-OH is 1. The van der Waals surface area contributed by atoms with Crippen LogP contribution in [-0.2, 0) is 11.3 Å². The first-order chi connectivity index (χ1) is 12.7. The number of nitrogens with two attached hydrogens (primary N) is 1. The van der Waals surface area contributed by atoms with Crippen LogP contribution < -0.4 is 5.73 Å². The number of benzene rings is 1. The second-order valence-corrected chi connectivity index (χ2v) is 8.35. The van der Waals surface area contributed by atoms with E-state index in [4.69, 9.17) is 10.5 Å². The maximum absolute atomic E-state index is 12.6. The van der Waals surface area contributed by atoms with Crippen molar-refractivity contribution in [3.05, 3.63) is 23.3 Å². The minimum absolute atomic E-state index is 0.0284. The summed E-state index contributed by atoms with van der Waals surface area (Å²) in [5, 5.41) is 9.45. The molecule has 1 saturated heterocycles. The van der Waals surface area contributed by atoms with Crippen LogP contribution in [0.2, 0.25) is 0 Å². The van der Waals surface area contributed by atoms with Crippen molar-refractivity contribution in [3.8, 4) is 0 Å². The lowest BCUT2D eigenvalue weighted by molar-refractivity contribution is 0.0238. The van der Waals surface area contributed by atoms with Gasteiger partial charge in [-0.2, -0.15) is 0 Å². The monoisotopic (exact) mass is 374 g/mol. The fourth-order valence-corrected chi connectivity index (χ4v) is 3.81. The van der Waals surface area contributed by atoms with Crippen molar-refractivity contribution >= 4 is 23.1 Å². The summed E-state index contributed by atoms with van der Waals surface area (Å²) in [5.74, 6) is 0.444. The van der Waals surface area contributed by atoms with E-state index in [1.54, 1.807) is 4.90 Å². The first kappa shape index (κ1) is 19.5. The predicted molar refractivity (Wildman–Crippen MR) is 106 cm³/mol. The number of nitrogens with zero attached hydrogens (tertiary/aromatic N) is 3. The molecule has 1 aliphatic rings. The van der Waals surface area contributed by atoms with Crippen LogP contribution in [0.3, 0.4) is 0 Å². The number of hydrogen-bond acceptors (Lipinski definition) is 5. The van der Waals surface area contributed by atoms with Crippen molar-refractivity contribution in [2.75, 3.05) is 18.8 Å². The van der Waals surface area contributed by atoms with Gasteiger partial charge in [0.05, 0.1) is 23.7 Å². The number of ether oxygens (including phenoxy) is 1. The number of imidazole rings is 1. The van der Waals surface area contributed by atoms with Gasteiger partial charge in [0, 0.05) is 13.1 Å². The number of rotatable bonds is 2. The van der Waals surface area contributed by atoms with Crippen LogP contribution in [0.4, 0.5) is 10.7 Å². The van der Waals surface area contributed by atoms with E-state index in [-0.39, 0.29) is 18.7 Å². The first-order valence-electron chi connectivity index (χ1n) is 9.55. The molecule has 148 valence electrons. The number of likely N-dealkylation sites (tertiary alicyclic amines) is 1. The summed E-state index contributed by atoms with van der Waals surface area (Å²) in [7, 11) is 0. The largest absolute Gasteiger partial charge is 0.444 e. The van der Waals surface area contributed by atoms with Gasteiger partial charge in [-0.1, -0.05) is 6.07 Å². The molecule has 0 aliphatic carbocycles. The lowest BCUT2D eigenvalue weighted by atomic mass is 10.1. The number of fused-ring (bicyclic) bond motifs is 1. The van der Waals surface area contributed by atoms with Gasteiger partial charge in [0.1, 0.15) is 5.60 Å². The number of aryl methyl sites for hydroxylation is 1. The van der Waals surface area contributed by atoms with E-state index in [2.05, 4.69) is 9.55 Å². The van der Waals surface area contributed by atoms with Crippen molar-refractivity contribution in [1.82, 2.24) is 14.5 Å². The van der Waals surface area contributed by atoms with Crippen LogP contribution >= 0.6 is 0 Å². The van der Waals surface area contributed by atoms with Crippen LogP contribution in [0.25, 0.3) is 11.0 Å². The third kappa shape index (κ3) is 4.18. The molecule has 0 spiro atoms. The second-order valence-electron chi connectivity index (χ2n) is 8.35. The van der Waals surface area contributed by atoms with Crippen LogP contribution in [0.5, 0.6) is 0 Å². The summed E-state index contributed by atoms with van der Waals surface area (Å²) in [4.78, 5) is 18.9. The van der Waals surface area contributed by atoms with E-state index < -0.39 is 5.60 Å². The molecule has 1 aliphatic heterocycles. The van der Waals surface area contributed by atoms with E-state index in [9.17, 15) is 9.90 Å². The van der Waals surface area contributed by atoms with Gasteiger partial charge in [0.25, 0.3) is 0 Å². The third-order valence-electron chi connectivity index (χ3n) is 4.91. The Labute approximate surface area is 160 Å². The first-order valence-corrected chi connectivity index (χ1v) is 9.55. The zero-order valence-electron chi connectivity index (χ0n) is 16.7. The normalized spacial score (nSPS) is 18.6. The molecule has 1 unspecified atom stereocenters. The Kier molecular flexibility index (Phi) is 5.33.